The molecule has 0 aliphatic carbocycles. The molecule has 0 fully saturated rings. The summed E-state index contributed by atoms with van der Waals surface area (Å²) in [5.74, 6) is -0.559. The van der Waals surface area contributed by atoms with Crippen LogP contribution < -0.4 is 15.4 Å². The van der Waals surface area contributed by atoms with Gasteiger partial charge in [0.15, 0.2) is 0 Å². The van der Waals surface area contributed by atoms with Crippen molar-refractivity contribution in [3.8, 4) is 0 Å². The van der Waals surface area contributed by atoms with Gasteiger partial charge in [0.05, 0.1) is 13.2 Å². The topological polar surface area (TPSA) is 79.5 Å². The van der Waals surface area contributed by atoms with Crippen LogP contribution in [0.25, 0.3) is 10.8 Å². The summed E-state index contributed by atoms with van der Waals surface area (Å²) in [6.45, 7) is 2.57. The third kappa shape index (κ3) is 6.82. The minimum absolute atomic E-state index is 0.0787. The van der Waals surface area contributed by atoms with E-state index < -0.39 is 6.04 Å². The Morgan fingerprint density at radius 2 is 1.74 bits per heavy atom. The second kappa shape index (κ2) is 11.5. The Balaban J connectivity index is 1.51. The summed E-state index contributed by atoms with van der Waals surface area (Å²) in [6.07, 6.45) is 0. The summed E-state index contributed by atoms with van der Waals surface area (Å²) in [6, 6.07) is 21.3. The second-order valence-electron chi connectivity index (χ2n) is 7.17. The van der Waals surface area contributed by atoms with Crippen molar-refractivity contribution in [2.45, 2.75) is 24.4 Å². The van der Waals surface area contributed by atoms with Crippen LogP contribution in [0.15, 0.2) is 71.6 Å². The standard InChI is InChI=1S/C24H27N3O3S/c1-17-10-12-20(13-11-17)31-26-15-23(28)27-22(16-30-2)24(29)25-14-19-8-5-7-18-6-3-4-9-21(18)19/h3-13,22,26H,14-16H2,1-2H3,(H,25,29)(H,27,28). The molecule has 1 unspecified atom stereocenters. The molecular weight excluding hydrogens is 410 g/mol. The first-order valence-electron chi connectivity index (χ1n) is 10.1. The maximum absolute atomic E-state index is 12.7. The van der Waals surface area contributed by atoms with Gasteiger partial charge in [-0.05, 0) is 47.3 Å². The summed E-state index contributed by atoms with van der Waals surface area (Å²) in [5.41, 5.74) is 2.20. The van der Waals surface area contributed by atoms with E-state index in [1.165, 1.54) is 24.6 Å². The first-order valence-corrected chi connectivity index (χ1v) is 10.9. The fraction of sp³-hybridized carbons (Fsp3) is 0.250. The van der Waals surface area contributed by atoms with Crippen molar-refractivity contribution < 1.29 is 14.3 Å². The molecule has 31 heavy (non-hydrogen) atoms. The summed E-state index contributed by atoms with van der Waals surface area (Å²) in [7, 11) is 1.50. The van der Waals surface area contributed by atoms with Gasteiger partial charge in [0.2, 0.25) is 11.8 Å². The smallest absolute Gasteiger partial charge is 0.245 e. The molecule has 0 saturated carbocycles. The van der Waals surface area contributed by atoms with Gasteiger partial charge < -0.3 is 15.4 Å². The normalized spacial score (nSPS) is 11.8. The molecule has 0 bridgehead atoms. The lowest BCUT2D eigenvalue weighted by molar-refractivity contribution is -0.129. The fourth-order valence-corrected chi connectivity index (χ4v) is 3.78. The van der Waals surface area contributed by atoms with Crippen molar-refractivity contribution in [3.05, 3.63) is 77.9 Å². The zero-order valence-corrected chi connectivity index (χ0v) is 18.5. The van der Waals surface area contributed by atoms with E-state index in [9.17, 15) is 9.59 Å². The van der Waals surface area contributed by atoms with E-state index in [0.717, 1.165) is 21.2 Å². The average Bonchev–Trinajstić information content (AvgIpc) is 2.78. The molecule has 2 amide bonds. The zero-order chi connectivity index (χ0) is 22.1. The van der Waals surface area contributed by atoms with E-state index >= 15 is 0 Å². The van der Waals surface area contributed by atoms with Gasteiger partial charge >= 0.3 is 0 Å². The van der Waals surface area contributed by atoms with Crippen LogP contribution in [0.5, 0.6) is 0 Å². The van der Waals surface area contributed by atoms with Gasteiger partial charge in [0.25, 0.3) is 0 Å². The van der Waals surface area contributed by atoms with Crippen LogP contribution >= 0.6 is 11.9 Å². The lowest BCUT2D eigenvalue weighted by Crippen LogP contribution is -2.50. The summed E-state index contributed by atoms with van der Waals surface area (Å²) < 4.78 is 8.15. The quantitative estimate of drug-likeness (QED) is 0.425. The maximum atomic E-state index is 12.7. The number of benzene rings is 3. The Kier molecular flexibility index (Phi) is 8.46. The molecule has 3 N–H and O–H groups in total. The molecule has 0 aliphatic heterocycles. The van der Waals surface area contributed by atoms with Crippen LogP contribution in [0, 0.1) is 6.92 Å². The molecule has 3 aromatic rings. The highest BCUT2D eigenvalue weighted by Crippen LogP contribution is 2.18. The SMILES string of the molecule is COCC(NC(=O)CNSc1ccc(C)cc1)C(=O)NCc1cccc2ccccc12. The number of carbonyl (C=O) groups is 2. The minimum atomic E-state index is -0.765. The summed E-state index contributed by atoms with van der Waals surface area (Å²) in [5, 5.41) is 7.86. The van der Waals surface area contributed by atoms with E-state index in [0.29, 0.717) is 6.54 Å². The number of ether oxygens (including phenoxy) is 1. The van der Waals surface area contributed by atoms with Crippen molar-refractivity contribution >= 4 is 34.5 Å². The number of rotatable bonds is 10. The first-order chi connectivity index (χ1) is 15.1. The van der Waals surface area contributed by atoms with Crippen LogP contribution in [0.3, 0.4) is 0 Å². The monoisotopic (exact) mass is 437 g/mol. The summed E-state index contributed by atoms with van der Waals surface area (Å²) in [4.78, 5) is 26.0. The lowest BCUT2D eigenvalue weighted by Gasteiger charge is -2.18. The van der Waals surface area contributed by atoms with Crippen LogP contribution in [-0.4, -0.2) is 38.1 Å². The molecule has 0 aliphatic rings. The van der Waals surface area contributed by atoms with E-state index in [1.54, 1.807) is 0 Å². The van der Waals surface area contributed by atoms with Gasteiger partial charge in [0, 0.05) is 18.6 Å². The molecule has 7 heteroatoms. The van der Waals surface area contributed by atoms with Gasteiger partial charge in [0.1, 0.15) is 6.04 Å². The van der Waals surface area contributed by atoms with Crippen LogP contribution in [-0.2, 0) is 20.9 Å². The number of methoxy groups -OCH3 is 1. The highest BCUT2D eigenvalue weighted by atomic mass is 32.2. The van der Waals surface area contributed by atoms with Crippen LogP contribution in [0.4, 0.5) is 0 Å². The number of hydrogen-bond donors (Lipinski definition) is 3. The van der Waals surface area contributed by atoms with Gasteiger partial charge in [-0.25, -0.2) is 0 Å². The Hall–Kier alpha value is -2.87. The molecule has 0 radical (unpaired) electrons. The molecular formula is C24H27N3O3S. The Bertz CT molecular complexity index is 1020. The second-order valence-corrected chi connectivity index (χ2v) is 8.13. The van der Waals surface area contributed by atoms with Crippen molar-refractivity contribution in [3.63, 3.8) is 0 Å². The third-order valence-corrected chi connectivity index (χ3v) is 5.56. The molecule has 162 valence electrons. The van der Waals surface area contributed by atoms with Crippen molar-refractivity contribution in [2.75, 3.05) is 20.3 Å². The number of nitrogens with one attached hydrogen (secondary N) is 3. The predicted molar refractivity (Wildman–Crippen MR) is 125 cm³/mol. The average molecular weight is 438 g/mol. The molecule has 0 aromatic heterocycles. The van der Waals surface area contributed by atoms with Gasteiger partial charge in [-0.3, -0.25) is 14.3 Å². The minimum Gasteiger partial charge on any atom is -0.382 e. The molecule has 0 saturated heterocycles. The predicted octanol–water partition coefficient (Wildman–Crippen LogP) is 3.19. The highest BCUT2D eigenvalue weighted by Gasteiger charge is 2.20. The number of amides is 2. The van der Waals surface area contributed by atoms with Crippen LogP contribution in [0.1, 0.15) is 11.1 Å². The zero-order valence-electron chi connectivity index (χ0n) is 17.7. The largest absolute Gasteiger partial charge is 0.382 e. The van der Waals surface area contributed by atoms with Gasteiger partial charge in [-0.2, -0.15) is 0 Å². The van der Waals surface area contributed by atoms with Gasteiger partial charge in [-0.15, -0.1) is 0 Å². The number of hydrogen-bond acceptors (Lipinski definition) is 5. The molecule has 0 heterocycles. The molecule has 1 atom stereocenters. The third-order valence-electron chi connectivity index (χ3n) is 4.76. The molecule has 3 aromatic carbocycles. The van der Waals surface area contributed by atoms with Crippen molar-refractivity contribution in [1.82, 2.24) is 15.4 Å². The molecule has 0 spiro atoms. The number of fused-ring (bicyclic) bond motifs is 1. The van der Waals surface area contributed by atoms with Crippen LogP contribution in [0.2, 0.25) is 0 Å². The number of carbonyl (C=O) groups excluding carboxylic acids is 2. The van der Waals surface area contributed by atoms with Gasteiger partial charge in [-0.1, -0.05) is 60.2 Å². The summed E-state index contributed by atoms with van der Waals surface area (Å²) >= 11 is 1.37. The van der Waals surface area contributed by atoms with E-state index in [1.807, 2.05) is 73.7 Å². The Morgan fingerprint density at radius 3 is 2.52 bits per heavy atom. The van der Waals surface area contributed by atoms with E-state index in [2.05, 4.69) is 15.4 Å². The first kappa shape index (κ1) is 22.8. The Labute approximate surface area is 186 Å². The molecule has 3 rings (SSSR count). The van der Waals surface area contributed by atoms with Crippen molar-refractivity contribution in [2.24, 2.45) is 0 Å². The van der Waals surface area contributed by atoms with E-state index in [4.69, 9.17) is 4.74 Å². The maximum Gasteiger partial charge on any atom is 0.245 e. The fourth-order valence-electron chi connectivity index (χ4n) is 3.14. The van der Waals surface area contributed by atoms with Crippen molar-refractivity contribution in [1.29, 1.82) is 0 Å². The molecule has 6 nitrogen and oxygen atoms in total. The number of aryl methyl sites for hydroxylation is 1. The Morgan fingerprint density at radius 1 is 1.00 bits per heavy atom. The lowest BCUT2D eigenvalue weighted by atomic mass is 10.0. The highest BCUT2D eigenvalue weighted by molar-refractivity contribution is 7.97. The van der Waals surface area contributed by atoms with E-state index in [-0.39, 0.29) is 25.0 Å².